The molecule has 2 aromatic rings. The summed E-state index contributed by atoms with van der Waals surface area (Å²) in [4.78, 5) is 66.8. The highest BCUT2D eigenvalue weighted by Gasteiger charge is 2.42. The molecule has 0 bridgehead atoms. The topological polar surface area (TPSA) is 199 Å². The summed E-state index contributed by atoms with van der Waals surface area (Å²) in [5, 5.41) is 14.8. The van der Waals surface area contributed by atoms with Crippen LogP contribution < -0.4 is 16.1 Å². The predicted molar refractivity (Wildman–Crippen MR) is 154 cm³/mol. The van der Waals surface area contributed by atoms with Gasteiger partial charge in [0, 0.05) is 19.5 Å². The number of hydrogen-bond donors (Lipinski definition) is 5. The van der Waals surface area contributed by atoms with E-state index in [2.05, 4.69) is 10.6 Å². The van der Waals surface area contributed by atoms with E-state index >= 15 is 0 Å². The minimum absolute atomic E-state index is 0.0559. The van der Waals surface area contributed by atoms with Crippen LogP contribution in [0.25, 0.3) is 0 Å². The first-order chi connectivity index (χ1) is 20.3. The molecule has 2 aromatic carbocycles. The summed E-state index contributed by atoms with van der Waals surface area (Å²) in [7, 11) is -4.22. The Morgan fingerprint density at radius 1 is 0.860 bits per heavy atom. The summed E-state index contributed by atoms with van der Waals surface area (Å²) >= 11 is 0. The number of benzene rings is 2. The number of fused-ring (bicyclic) bond motifs is 1. The molecule has 1 heterocycles. The summed E-state index contributed by atoms with van der Waals surface area (Å²) in [6, 6.07) is 13.8. The number of hydroxylamine groups is 1. The number of carbonyl (C=O) groups excluding carboxylic acids is 5. The Labute approximate surface area is 249 Å². The molecule has 5 amide bonds. The molecule has 1 aliphatic rings. The van der Waals surface area contributed by atoms with Gasteiger partial charge in [0.1, 0.15) is 6.04 Å². The summed E-state index contributed by atoms with van der Waals surface area (Å²) < 4.78 is 31.0. The number of imide groups is 1. The predicted octanol–water partition coefficient (Wildman–Crippen LogP) is 1.19. The number of nitrogens with zero attached hydrogens (tertiary/aromatic N) is 1. The molecule has 0 aliphatic carbocycles. The van der Waals surface area contributed by atoms with E-state index in [-0.39, 0.29) is 42.9 Å². The van der Waals surface area contributed by atoms with Crippen LogP contribution in [0.5, 0.6) is 0 Å². The average molecular weight is 617 g/mol. The van der Waals surface area contributed by atoms with Gasteiger partial charge >= 0.3 is 0 Å². The Balaban J connectivity index is 1.86. The summed E-state index contributed by atoms with van der Waals surface area (Å²) in [5.41, 5.74) is 2.57. The molecule has 14 heteroatoms. The van der Waals surface area contributed by atoms with Crippen LogP contribution in [0.4, 0.5) is 0 Å². The SMILES string of the molecule is CC(C)C[C@@H](C(=O)N[C@@H](Cc1ccccc1)C(=O)NCCCS(=O)(=O)O)C(CN1C(=O)c2ccccc2C1=O)C(=O)NO. The number of carbonyl (C=O) groups is 5. The fourth-order valence-corrected chi connectivity index (χ4v) is 5.48. The van der Waals surface area contributed by atoms with Gasteiger partial charge in [0.05, 0.1) is 28.7 Å². The third kappa shape index (κ3) is 9.17. The van der Waals surface area contributed by atoms with Gasteiger partial charge in [-0.25, -0.2) is 5.48 Å². The minimum atomic E-state index is -4.22. The van der Waals surface area contributed by atoms with E-state index in [4.69, 9.17) is 4.55 Å². The zero-order valence-electron chi connectivity index (χ0n) is 23.9. The quantitative estimate of drug-likeness (QED) is 0.0641. The fraction of sp³-hybridized carbons (Fsp3) is 0.414. The van der Waals surface area contributed by atoms with E-state index in [1.807, 2.05) is 0 Å². The first kappa shape index (κ1) is 33.4. The first-order valence-corrected chi connectivity index (χ1v) is 15.4. The maximum atomic E-state index is 13.8. The molecule has 1 unspecified atom stereocenters. The normalized spacial score (nSPS) is 15.0. The molecule has 0 aromatic heterocycles. The highest BCUT2D eigenvalue weighted by Crippen LogP contribution is 2.28. The Morgan fingerprint density at radius 2 is 1.44 bits per heavy atom. The molecule has 232 valence electrons. The Morgan fingerprint density at radius 3 is 1.98 bits per heavy atom. The minimum Gasteiger partial charge on any atom is -0.354 e. The van der Waals surface area contributed by atoms with Crippen molar-refractivity contribution >= 4 is 39.7 Å². The second kappa shape index (κ2) is 14.8. The van der Waals surface area contributed by atoms with Crippen LogP contribution in [-0.4, -0.2) is 77.5 Å². The van der Waals surface area contributed by atoms with Crippen molar-refractivity contribution in [2.75, 3.05) is 18.8 Å². The third-order valence-electron chi connectivity index (χ3n) is 7.05. The van der Waals surface area contributed by atoms with Gasteiger partial charge in [-0.15, -0.1) is 0 Å². The fourth-order valence-electron chi connectivity index (χ4n) is 4.97. The number of amides is 5. The third-order valence-corrected chi connectivity index (χ3v) is 7.85. The van der Waals surface area contributed by atoms with E-state index in [0.717, 1.165) is 4.90 Å². The largest absolute Gasteiger partial charge is 0.354 e. The van der Waals surface area contributed by atoms with Crippen LogP contribution in [0, 0.1) is 17.8 Å². The number of rotatable bonds is 15. The van der Waals surface area contributed by atoms with E-state index in [9.17, 15) is 37.6 Å². The lowest BCUT2D eigenvalue weighted by Crippen LogP contribution is -2.53. The van der Waals surface area contributed by atoms with E-state index < -0.39 is 69.8 Å². The van der Waals surface area contributed by atoms with Crippen molar-refractivity contribution in [3.63, 3.8) is 0 Å². The first-order valence-electron chi connectivity index (χ1n) is 13.8. The van der Waals surface area contributed by atoms with E-state index in [0.29, 0.717) is 5.56 Å². The van der Waals surface area contributed by atoms with Gasteiger partial charge in [-0.3, -0.25) is 38.6 Å². The molecule has 1 aliphatic heterocycles. The molecule has 0 spiro atoms. The van der Waals surface area contributed by atoms with Gasteiger partial charge in [-0.05, 0) is 36.5 Å². The molecule has 0 radical (unpaired) electrons. The van der Waals surface area contributed by atoms with Crippen molar-refractivity contribution in [3.05, 3.63) is 71.3 Å². The van der Waals surface area contributed by atoms with Crippen LogP contribution in [-0.2, 0) is 30.9 Å². The monoisotopic (exact) mass is 616 g/mol. The molecule has 0 saturated carbocycles. The zero-order chi connectivity index (χ0) is 31.7. The van der Waals surface area contributed by atoms with E-state index in [1.54, 1.807) is 61.8 Å². The van der Waals surface area contributed by atoms with Gasteiger partial charge < -0.3 is 10.6 Å². The molecule has 43 heavy (non-hydrogen) atoms. The van der Waals surface area contributed by atoms with Crippen molar-refractivity contribution in [1.29, 1.82) is 0 Å². The molecule has 13 nitrogen and oxygen atoms in total. The van der Waals surface area contributed by atoms with Crippen LogP contribution in [0.3, 0.4) is 0 Å². The molecular weight excluding hydrogens is 580 g/mol. The Hall–Kier alpha value is -4.14. The average Bonchev–Trinajstić information content (AvgIpc) is 3.20. The van der Waals surface area contributed by atoms with Crippen LogP contribution in [0.15, 0.2) is 54.6 Å². The lowest BCUT2D eigenvalue weighted by Gasteiger charge is -2.30. The summed E-state index contributed by atoms with van der Waals surface area (Å²) in [5.74, 6) is -6.81. The van der Waals surface area contributed by atoms with Crippen molar-refractivity contribution in [2.45, 2.75) is 39.2 Å². The molecule has 0 fully saturated rings. The molecule has 3 atom stereocenters. The molecule has 3 rings (SSSR count). The second-order valence-electron chi connectivity index (χ2n) is 10.8. The van der Waals surface area contributed by atoms with Crippen molar-refractivity contribution < 1.29 is 42.2 Å². The van der Waals surface area contributed by atoms with Crippen molar-refractivity contribution in [3.8, 4) is 0 Å². The second-order valence-corrected chi connectivity index (χ2v) is 12.3. The molecular formula is C29H36N4O9S. The molecule has 5 N–H and O–H groups in total. The lowest BCUT2D eigenvalue weighted by atomic mass is 9.83. The van der Waals surface area contributed by atoms with E-state index in [1.165, 1.54) is 12.1 Å². The van der Waals surface area contributed by atoms with Crippen LogP contribution >= 0.6 is 0 Å². The summed E-state index contributed by atoms with van der Waals surface area (Å²) in [6.07, 6.45) is 0.104. The van der Waals surface area contributed by atoms with Gasteiger partial charge in [0.2, 0.25) is 17.7 Å². The van der Waals surface area contributed by atoms with Gasteiger partial charge in [-0.1, -0.05) is 56.3 Å². The number of hydrogen-bond acceptors (Lipinski definition) is 8. The maximum Gasteiger partial charge on any atom is 0.264 e. The maximum absolute atomic E-state index is 13.8. The van der Waals surface area contributed by atoms with Gasteiger partial charge in [0.15, 0.2) is 0 Å². The Bertz CT molecular complexity index is 1410. The lowest BCUT2D eigenvalue weighted by molar-refractivity contribution is -0.142. The highest BCUT2D eigenvalue weighted by molar-refractivity contribution is 7.85. The Kier molecular flexibility index (Phi) is 11.5. The standard InChI is InChI=1S/C29H36N4O9S/c1-18(2)15-22(23(26(35)32-39)17-33-28(37)20-11-6-7-12-21(20)29(33)38)25(34)31-24(16-19-9-4-3-5-10-19)27(36)30-13-8-14-43(40,41)42/h3-7,9-12,18,22-24,39H,8,13-17H2,1-2H3,(H,30,36)(H,31,34)(H,32,35)(H,40,41,42)/t22-,23?,24+/m1/s1. The smallest absolute Gasteiger partial charge is 0.264 e. The van der Waals surface area contributed by atoms with Crippen LogP contribution in [0.1, 0.15) is 53.0 Å². The van der Waals surface area contributed by atoms with Crippen LogP contribution in [0.2, 0.25) is 0 Å². The van der Waals surface area contributed by atoms with Crippen molar-refractivity contribution in [1.82, 2.24) is 21.0 Å². The van der Waals surface area contributed by atoms with Crippen molar-refractivity contribution in [2.24, 2.45) is 17.8 Å². The zero-order valence-corrected chi connectivity index (χ0v) is 24.7. The van der Waals surface area contributed by atoms with Gasteiger partial charge in [0.25, 0.3) is 21.9 Å². The molecule has 0 saturated heterocycles. The van der Waals surface area contributed by atoms with Gasteiger partial charge in [-0.2, -0.15) is 8.42 Å². The summed E-state index contributed by atoms with van der Waals surface area (Å²) in [6.45, 7) is 3.03. The number of nitrogens with one attached hydrogen (secondary N) is 3. The highest BCUT2D eigenvalue weighted by atomic mass is 32.2.